The Morgan fingerprint density at radius 2 is 1.07 bits per heavy atom. The van der Waals surface area contributed by atoms with Crippen LogP contribution in [0.2, 0.25) is 0 Å². The van der Waals surface area contributed by atoms with Crippen molar-refractivity contribution in [3.63, 3.8) is 0 Å². The van der Waals surface area contributed by atoms with Gasteiger partial charge < -0.3 is 47.8 Å². The number of benzene rings is 2. The summed E-state index contributed by atoms with van der Waals surface area (Å²) in [5.74, 6) is -6.44. The molecule has 0 radical (unpaired) electrons. The molecule has 0 saturated carbocycles. The summed E-state index contributed by atoms with van der Waals surface area (Å²) in [4.78, 5) is 73.1. The maximum atomic E-state index is 13.5. The Labute approximate surface area is 239 Å². The highest BCUT2D eigenvalue weighted by atomic mass is 16.4. The molecular weight excluding hydrogens is 554 g/mol. The van der Waals surface area contributed by atoms with Gasteiger partial charge in [0, 0.05) is 19.3 Å². The van der Waals surface area contributed by atoms with Crippen LogP contribution in [0, 0.1) is 0 Å². The fourth-order valence-corrected chi connectivity index (χ4v) is 3.80. The lowest BCUT2D eigenvalue weighted by molar-refractivity contribution is -0.142. The topological polar surface area (TPSA) is 271 Å². The number of hydrogen-bond acceptors (Lipinski definition) is 9. The maximum absolute atomic E-state index is 13.5. The third kappa shape index (κ3) is 11.1. The van der Waals surface area contributed by atoms with Crippen molar-refractivity contribution in [3.05, 3.63) is 59.7 Å². The number of nitrogens with two attached hydrogens (primary N) is 2. The van der Waals surface area contributed by atoms with Crippen LogP contribution in [0.25, 0.3) is 0 Å². The lowest BCUT2D eigenvalue weighted by atomic mass is 10.0. The molecule has 11 N–H and O–H groups in total. The van der Waals surface area contributed by atoms with Gasteiger partial charge >= 0.3 is 11.9 Å². The van der Waals surface area contributed by atoms with Crippen molar-refractivity contribution in [3.8, 4) is 11.5 Å². The lowest BCUT2D eigenvalue weighted by Gasteiger charge is -2.25. The Kier molecular flexibility index (Phi) is 12.2. The Balaban J connectivity index is 2.34. The molecule has 0 bridgehead atoms. The number of amides is 4. The van der Waals surface area contributed by atoms with Crippen LogP contribution < -0.4 is 27.4 Å². The second kappa shape index (κ2) is 15.6. The number of aliphatic carboxylic acids is 2. The summed E-state index contributed by atoms with van der Waals surface area (Å²) in [5, 5.41) is 44.8. The van der Waals surface area contributed by atoms with Crippen LogP contribution in [0.15, 0.2) is 48.5 Å². The molecule has 0 aromatic heterocycles. The van der Waals surface area contributed by atoms with Crippen LogP contribution in [0.1, 0.15) is 30.4 Å². The molecule has 2 aromatic rings. The number of primary amides is 1. The number of carboxylic acids is 2. The standard InChI is InChI=1S/C27H33N5O10/c28-18(13-23(36)37)24(38)31-20(11-14-1-5-16(33)6-2-14)26(40)32-21(12-15-3-7-17(34)8-4-15)25(39)30-19(27(41)42)9-10-22(29)35/h1-8,18-21,33-34H,9-13,28H2,(H2,29,35)(H,30,39)(H,31,38)(H,32,40)(H,36,37)(H,41,42). The summed E-state index contributed by atoms with van der Waals surface area (Å²) in [6, 6.07) is 5.53. The van der Waals surface area contributed by atoms with Gasteiger partial charge in [0.2, 0.25) is 23.6 Å². The second-order valence-electron chi connectivity index (χ2n) is 9.47. The predicted octanol–water partition coefficient (Wildman–Crippen LogP) is -1.51. The first kappa shape index (κ1) is 33.0. The normalized spacial score (nSPS) is 13.5. The van der Waals surface area contributed by atoms with E-state index in [0.29, 0.717) is 11.1 Å². The minimum atomic E-state index is -1.51. The number of phenolic OH excluding ortho intramolecular Hbond substituents is 2. The molecule has 0 aliphatic heterocycles. The first-order valence-electron chi connectivity index (χ1n) is 12.7. The number of carboxylic acid groups (broad SMARTS) is 2. The number of carbonyl (C=O) groups excluding carboxylic acids is 4. The van der Waals surface area contributed by atoms with E-state index in [2.05, 4.69) is 16.0 Å². The van der Waals surface area contributed by atoms with E-state index in [0.717, 1.165) is 0 Å². The number of carbonyl (C=O) groups is 6. The molecule has 0 fully saturated rings. The van der Waals surface area contributed by atoms with Gasteiger partial charge in [0.05, 0.1) is 12.5 Å². The SMILES string of the molecule is NC(=O)CCC(NC(=O)C(Cc1ccc(O)cc1)NC(=O)C(Cc1ccc(O)cc1)NC(=O)C(N)CC(=O)O)C(=O)O. The molecule has 0 aliphatic rings. The average Bonchev–Trinajstić information content (AvgIpc) is 2.91. The Morgan fingerprint density at radius 1 is 0.667 bits per heavy atom. The predicted molar refractivity (Wildman–Crippen MR) is 146 cm³/mol. The molecule has 226 valence electrons. The van der Waals surface area contributed by atoms with Gasteiger partial charge in [0.1, 0.15) is 29.6 Å². The minimum absolute atomic E-state index is 0.0535. The summed E-state index contributed by atoms with van der Waals surface area (Å²) in [5.41, 5.74) is 11.7. The quantitative estimate of drug-likeness (QED) is 0.109. The van der Waals surface area contributed by atoms with Gasteiger partial charge in [-0.1, -0.05) is 24.3 Å². The summed E-state index contributed by atoms with van der Waals surface area (Å²) >= 11 is 0. The third-order valence-corrected chi connectivity index (χ3v) is 6.04. The van der Waals surface area contributed by atoms with Crippen molar-refractivity contribution in [2.24, 2.45) is 11.5 Å². The van der Waals surface area contributed by atoms with E-state index in [4.69, 9.17) is 16.6 Å². The van der Waals surface area contributed by atoms with E-state index >= 15 is 0 Å². The van der Waals surface area contributed by atoms with E-state index in [1.165, 1.54) is 48.5 Å². The first-order valence-corrected chi connectivity index (χ1v) is 12.7. The van der Waals surface area contributed by atoms with E-state index < -0.39 is 66.2 Å². The molecule has 0 aliphatic carbocycles. The van der Waals surface area contributed by atoms with E-state index in [-0.39, 0.29) is 37.2 Å². The van der Waals surface area contributed by atoms with Crippen molar-refractivity contribution in [1.29, 1.82) is 0 Å². The molecule has 4 unspecified atom stereocenters. The van der Waals surface area contributed by atoms with Gasteiger partial charge in [0.25, 0.3) is 0 Å². The molecular formula is C27H33N5O10. The Morgan fingerprint density at radius 3 is 1.45 bits per heavy atom. The van der Waals surface area contributed by atoms with Crippen molar-refractivity contribution in [2.75, 3.05) is 0 Å². The van der Waals surface area contributed by atoms with Gasteiger partial charge in [-0.3, -0.25) is 24.0 Å². The zero-order valence-corrected chi connectivity index (χ0v) is 22.4. The molecule has 15 nitrogen and oxygen atoms in total. The van der Waals surface area contributed by atoms with Gasteiger partial charge in [-0.15, -0.1) is 0 Å². The third-order valence-electron chi connectivity index (χ3n) is 6.04. The summed E-state index contributed by atoms with van der Waals surface area (Å²) in [6.45, 7) is 0. The second-order valence-corrected chi connectivity index (χ2v) is 9.47. The number of nitrogens with one attached hydrogen (secondary N) is 3. The molecule has 42 heavy (non-hydrogen) atoms. The van der Waals surface area contributed by atoms with E-state index in [1.54, 1.807) is 0 Å². The molecule has 2 aromatic carbocycles. The highest BCUT2D eigenvalue weighted by Crippen LogP contribution is 2.14. The van der Waals surface area contributed by atoms with Crippen LogP contribution in [0.3, 0.4) is 0 Å². The first-order chi connectivity index (χ1) is 19.7. The van der Waals surface area contributed by atoms with Gasteiger partial charge in [-0.25, -0.2) is 4.79 Å². The largest absolute Gasteiger partial charge is 0.508 e. The zero-order chi connectivity index (χ0) is 31.4. The molecule has 4 atom stereocenters. The number of phenols is 2. The number of aromatic hydroxyl groups is 2. The molecule has 0 heterocycles. The molecule has 2 rings (SSSR count). The number of rotatable bonds is 16. The Bertz CT molecular complexity index is 1280. The van der Waals surface area contributed by atoms with E-state index in [9.17, 15) is 44.1 Å². The van der Waals surface area contributed by atoms with Crippen LogP contribution in [0.5, 0.6) is 11.5 Å². The highest BCUT2D eigenvalue weighted by Gasteiger charge is 2.31. The average molecular weight is 588 g/mol. The summed E-state index contributed by atoms with van der Waals surface area (Å²) in [6.07, 6.45) is -1.67. The van der Waals surface area contributed by atoms with Crippen molar-refractivity contribution >= 4 is 35.6 Å². The minimum Gasteiger partial charge on any atom is -0.508 e. The van der Waals surface area contributed by atoms with Crippen molar-refractivity contribution in [1.82, 2.24) is 16.0 Å². The van der Waals surface area contributed by atoms with Crippen LogP contribution >= 0.6 is 0 Å². The fraction of sp³-hybridized carbons (Fsp3) is 0.333. The van der Waals surface area contributed by atoms with Gasteiger partial charge in [-0.05, 0) is 41.8 Å². The Hall–Kier alpha value is -5.18. The van der Waals surface area contributed by atoms with Gasteiger partial charge in [-0.2, -0.15) is 0 Å². The number of hydrogen-bond donors (Lipinski definition) is 9. The summed E-state index contributed by atoms with van der Waals surface area (Å²) < 4.78 is 0. The maximum Gasteiger partial charge on any atom is 0.326 e. The summed E-state index contributed by atoms with van der Waals surface area (Å²) in [7, 11) is 0. The molecule has 0 saturated heterocycles. The van der Waals surface area contributed by atoms with Crippen LogP contribution in [-0.4, -0.2) is 80.2 Å². The zero-order valence-electron chi connectivity index (χ0n) is 22.4. The van der Waals surface area contributed by atoms with Crippen LogP contribution in [-0.2, 0) is 41.6 Å². The van der Waals surface area contributed by atoms with Crippen molar-refractivity contribution in [2.45, 2.75) is 56.3 Å². The monoisotopic (exact) mass is 587 g/mol. The van der Waals surface area contributed by atoms with Crippen molar-refractivity contribution < 1.29 is 49.2 Å². The van der Waals surface area contributed by atoms with Crippen LogP contribution in [0.4, 0.5) is 0 Å². The molecule has 15 heteroatoms. The molecule has 0 spiro atoms. The van der Waals surface area contributed by atoms with E-state index in [1.807, 2.05) is 0 Å². The fourth-order valence-electron chi connectivity index (χ4n) is 3.80. The lowest BCUT2D eigenvalue weighted by Crippen LogP contribution is -2.58. The van der Waals surface area contributed by atoms with Gasteiger partial charge in [0.15, 0.2) is 0 Å². The smallest absolute Gasteiger partial charge is 0.326 e. The molecule has 4 amide bonds. The highest BCUT2D eigenvalue weighted by molar-refractivity contribution is 5.95.